The van der Waals surface area contributed by atoms with Gasteiger partial charge in [-0.2, -0.15) is 31.8 Å². The van der Waals surface area contributed by atoms with E-state index in [2.05, 4.69) is 64.6 Å². The molecule has 25 nitrogen and oxygen atoms in total. The van der Waals surface area contributed by atoms with Gasteiger partial charge in [0.2, 0.25) is 11.2 Å². The molecule has 0 bridgehead atoms. The molecule has 1 heterocycles. The molecule has 0 amide bonds. The topological polar surface area (TPSA) is 393 Å². The van der Waals surface area contributed by atoms with Crippen molar-refractivity contribution in [3.63, 3.8) is 0 Å². The Morgan fingerprint density at radius 1 is 0.912 bits per heavy atom. The molecule has 10 N–H and O–H groups in total. The molecule has 0 fully saturated rings. The van der Waals surface area contributed by atoms with Crippen molar-refractivity contribution in [2.75, 3.05) is 22.5 Å². The van der Waals surface area contributed by atoms with Gasteiger partial charge in [0.1, 0.15) is 33.2 Å². The first-order valence-electron chi connectivity index (χ1n) is 14.1. The number of rotatable bonds is 17. The fraction of sp³-hybridized carbons (Fsp3) is 0.0385. The van der Waals surface area contributed by atoms with Crippen LogP contribution in [0.15, 0.2) is 82.8 Å². The summed E-state index contributed by atoms with van der Waals surface area (Å²) >= 11 is 7.75. The number of hydrogen-bond donors (Lipinski definition) is 8. The monoisotopic (exact) mass is 906 g/mol. The number of thioether (sulfide) groups is 2. The molecule has 31 heteroatoms. The Kier molecular flexibility index (Phi) is 15.2. The third-order valence-corrected chi connectivity index (χ3v) is 9.38. The van der Waals surface area contributed by atoms with Crippen molar-refractivity contribution in [2.45, 2.75) is 19.8 Å². The van der Waals surface area contributed by atoms with Crippen LogP contribution in [0.1, 0.15) is 10.4 Å². The summed E-state index contributed by atoms with van der Waals surface area (Å²) in [6.45, 7) is 0. The highest BCUT2D eigenvalue weighted by Crippen LogP contribution is 2.43. The molecule has 3 aromatic carbocycles. The Labute approximate surface area is 336 Å². The van der Waals surface area contributed by atoms with E-state index in [-0.39, 0.29) is 54.7 Å². The van der Waals surface area contributed by atoms with Gasteiger partial charge in [0.25, 0.3) is 10.1 Å². The molecule has 0 unspecified atom stereocenters. The van der Waals surface area contributed by atoms with Crippen LogP contribution in [0.4, 0.5) is 45.8 Å². The number of nitrogens with two attached hydrogens (primary N) is 2. The van der Waals surface area contributed by atoms with Crippen molar-refractivity contribution in [1.82, 2.24) is 15.0 Å². The number of anilines is 4. The van der Waals surface area contributed by atoms with Gasteiger partial charge in [0.15, 0.2) is 11.3 Å². The van der Waals surface area contributed by atoms with Gasteiger partial charge in [-0.25, -0.2) is 10.1 Å². The minimum absolute atomic E-state index is 0.0103. The Bertz CT molecular complexity index is 2560. The van der Waals surface area contributed by atoms with Crippen LogP contribution in [0.3, 0.4) is 0 Å². The second kappa shape index (κ2) is 19.6. The van der Waals surface area contributed by atoms with Crippen molar-refractivity contribution < 1.29 is 69.6 Å². The first kappa shape index (κ1) is 44.3. The van der Waals surface area contributed by atoms with Gasteiger partial charge in [-0.15, -0.1) is 24.8 Å². The van der Waals surface area contributed by atoms with Gasteiger partial charge in [0.05, 0.1) is 34.1 Å². The standard InChI is InChI=1S/C26H19ClN10O15S5/c27-24-31-25(33-26(32-24)54-10-19(38)39)30-11-1-4-17(55-51-50-42)16(7-11)35-37-22-14(29)9-13(28)21(20(22)23(40)41)36-34-15-3-2-12(8-18(15)56(43,44)45)53-6-5-49-52-57(46,47)48/h1-4,7-9,42H,10,28-29H2,(H,38,39)(H,40,41)(H,43,44,45)(H,46,47,48)(H,30,31,32,33). The van der Waals surface area contributed by atoms with Crippen LogP contribution in [0.25, 0.3) is 0 Å². The summed E-state index contributed by atoms with van der Waals surface area (Å²) < 4.78 is 71.7. The number of halogens is 1. The Morgan fingerprint density at radius 3 is 2.21 bits per heavy atom. The summed E-state index contributed by atoms with van der Waals surface area (Å²) in [7, 11) is -9.98. The van der Waals surface area contributed by atoms with Crippen LogP contribution in [-0.2, 0) is 43.9 Å². The number of nitrogens with one attached hydrogen (secondary N) is 1. The number of carbonyl (C=O) groups is 2. The van der Waals surface area contributed by atoms with E-state index in [0.717, 1.165) is 30.0 Å². The van der Waals surface area contributed by atoms with E-state index < -0.39 is 60.0 Å². The molecule has 0 aliphatic rings. The summed E-state index contributed by atoms with van der Waals surface area (Å²) in [5.74, 6) is -3.30. The molecule has 4 rings (SSSR count). The minimum Gasteiger partial charge on any atom is -0.481 e. The lowest BCUT2D eigenvalue weighted by molar-refractivity contribution is -0.432. The molecule has 0 spiro atoms. The minimum atomic E-state index is -5.02. The van der Waals surface area contributed by atoms with Crippen molar-refractivity contribution in [2.24, 2.45) is 20.5 Å². The van der Waals surface area contributed by atoms with E-state index >= 15 is 0 Å². The second-order valence-corrected chi connectivity index (χ2v) is 15.0. The first-order chi connectivity index (χ1) is 26.8. The van der Waals surface area contributed by atoms with Crippen LogP contribution in [0, 0.1) is 11.4 Å². The predicted octanol–water partition coefficient (Wildman–Crippen LogP) is 5.58. The van der Waals surface area contributed by atoms with E-state index in [4.69, 9.17) is 38.0 Å². The van der Waals surface area contributed by atoms with E-state index in [0.29, 0.717) is 23.8 Å². The number of aliphatic carboxylic acids is 1. The number of benzene rings is 3. The number of aromatic nitrogens is 3. The maximum absolute atomic E-state index is 12.6. The lowest BCUT2D eigenvalue weighted by Gasteiger charge is -2.11. The van der Waals surface area contributed by atoms with Crippen molar-refractivity contribution >= 4 is 125 Å². The van der Waals surface area contributed by atoms with Gasteiger partial charge < -0.3 is 27.0 Å². The van der Waals surface area contributed by atoms with Crippen molar-refractivity contribution in [3.05, 3.63) is 53.3 Å². The summed E-state index contributed by atoms with van der Waals surface area (Å²) in [4.78, 5) is 38.7. The number of carboxylic acid groups (broad SMARTS) is 2. The first-order valence-corrected chi connectivity index (χ1v) is 19.8. The highest BCUT2D eigenvalue weighted by molar-refractivity contribution is 8.04. The smallest absolute Gasteiger partial charge is 0.433 e. The number of nitrogen functional groups attached to an aromatic ring is 2. The van der Waals surface area contributed by atoms with Crippen LogP contribution < -0.4 is 16.8 Å². The van der Waals surface area contributed by atoms with Crippen molar-refractivity contribution in [3.8, 4) is 11.4 Å². The molecule has 1 aromatic heterocycles. The van der Waals surface area contributed by atoms with Crippen LogP contribution in [-0.4, -0.2) is 74.1 Å². The zero-order valence-corrected chi connectivity index (χ0v) is 32.1. The largest absolute Gasteiger partial charge is 0.481 e. The van der Waals surface area contributed by atoms with E-state index in [9.17, 15) is 36.1 Å². The van der Waals surface area contributed by atoms with Gasteiger partial charge in [0, 0.05) is 15.8 Å². The lowest BCUT2D eigenvalue weighted by Crippen LogP contribution is -2.03. The zero-order chi connectivity index (χ0) is 41.9. The molecule has 0 saturated carbocycles. The van der Waals surface area contributed by atoms with Gasteiger partial charge >= 0.3 is 22.3 Å². The Morgan fingerprint density at radius 2 is 1.60 bits per heavy atom. The molecule has 0 aliphatic carbocycles. The Hall–Kier alpha value is -5.43. The number of carboxylic acids is 2. The van der Waals surface area contributed by atoms with Gasteiger partial charge in [-0.3, -0.25) is 18.8 Å². The lowest BCUT2D eigenvalue weighted by atomic mass is 10.1. The summed E-state index contributed by atoms with van der Waals surface area (Å²) in [6.07, 6.45) is 1.75. The molecule has 0 saturated heterocycles. The quantitative estimate of drug-likeness (QED) is 0.00937. The molecule has 57 heavy (non-hydrogen) atoms. The summed E-state index contributed by atoms with van der Waals surface area (Å²) in [5.41, 5.74) is 9.23. The highest BCUT2D eigenvalue weighted by atomic mass is 35.5. The molecule has 300 valence electrons. The van der Waals surface area contributed by atoms with E-state index in [1.807, 2.05) is 0 Å². The normalized spacial score (nSPS) is 11.7. The molecular formula is C26H19ClN10O15S5. The van der Waals surface area contributed by atoms with E-state index in [1.165, 1.54) is 24.3 Å². The fourth-order valence-electron chi connectivity index (χ4n) is 3.84. The third kappa shape index (κ3) is 13.3. The van der Waals surface area contributed by atoms with Crippen LogP contribution >= 0.6 is 47.2 Å². The SMILES string of the molecule is Nc1cc(N)c(N=Nc2ccc(SC#COOS(=O)(=O)O)cc2S(=O)(=O)O)c(C(=O)O)c1N=Nc1cc(Nc2nc(Cl)nc(SCC(=O)O)n2)ccc1SOOO. The van der Waals surface area contributed by atoms with Gasteiger partial charge in [-0.1, -0.05) is 16.8 Å². The molecular weight excluding hydrogens is 888 g/mol. The third-order valence-electron chi connectivity index (χ3n) is 5.92. The predicted molar refractivity (Wildman–Crippen MR) is 198 cm³/mol. The van der Waals surface area contributed by atoms with Crippen LogP contribution in [0.5, 0.6) is 0 Å². The maximum Gasteiger partial charge on any atom is 0.433 e. The van der Waals surface area contributed by atoms with Crippen molar-refractivity contribution in [1.29, 1.82) is 0 Å². The molecule has 4 aromatic rings. The molecule has 0 aliphatic heterocycles. The Balaban J connectivity index is 1.72. The number of azo groups is 2. The maximum atomic E-state index is 12.6. The summed E-state index contributed by atoms with van der Waals surface area (Å²) in [6, 6.07) is 8.39. The van der Waals surface area contributed by atoms with E-state index in [1.54, 1.807) is 6.11 Å². The summed E-state index contributed by atoms with van der Waals surface area (Å²) in [5, 5.41) is 51.8. The highest BCUT2D eigenvalue weighted by Gasteiger charge is 2.23. The fourth-order valence-corrected chi connectivity index (χ4v) is 6.37. The number of nitrogens with zero attached hydrogens (tertiary/aromatic N) is 7. The second-order valence-electron chi connectivity index (χ2n) is 9.75. The van der Waals surface area contributed by atoms with Gasteiger partial charge in [-0.05, 0) is 70.2 Å². The molecule has 0 atom stereocenters. The molecule has 0 radical (unpaired) electrons. The zero-order valence-electron chi connectivity index (χ0n) is 27.3. The number of aromatic carboxylic acids is 1. The number of hydrogen-bond acceptors (Lipinski definition) is 24. The average Bonchev–Trinajstić information content (AvgIpc) is 3.11. The average molecular weight is 907 g/mol. The van der Waals surface area contributed by atoms with Crippen LogP contribution in [0.2, 0.25) is 5.28 Å².